The Kier molecular flexibility index (Phi) is 6.45. The molecule has 0 unspecified atom stereocenters. The van der Waals surface area contributed by atoms with Gasteiger partial charge in [-0.25, -0.2) is 4.39 Å². The molecule has 1 fully saturated rings. The maximum atomic E-state index is 15.2. The van der Waals surface area contributed by atoms with Crippen LogP contribution in [0.15, 0.2) is 93.5 Å². The predicted molar refractivity (Wildman–Crippen MR) is 121 cm³/mol. The zero-order chi connectivity index (χ0) is 20.8. The maximum Gasteiger partial charge on any atom is 0.170 e. The maximum absolute atomic E-state index is 15.2. The fraction of sp³-hybridized carbons (Fsp3) is 0.259. The molecule has 3 aromatic carbocycles. The molecule has 0 aliphatic heterocycles. The first-order valence-electron chi connectivity index (χ1n) is 10.5. The Balaban J connectivity index is 1.68. The van der Waals surface area contributed by atoms with E-state index in [1.54, 1.807) is 12.1 Å². The molecule has 0 bridgehead atoms. The lowest BCUT2D eigenvalue weighted by Crippen LogP contribution is -2.31. The van der Waals surface area contributed by atoms with Gasteiger partial charge in [0.1, 0.15) is 0 Å². The number of hydrogen-bond acceptors (Lipinski definition) is 1. The highest BCUT2D eigenvalue weighted by Crippen LogP contribution is 2.37. The molecule has 1 saturated carbocycles. The fourth-order valence-electron chi connectivity index (χ4n) is 3.87. The van der Waals surface area contributed by atoms with Crippen LogP contribution in [0, 0.1) is 17.7 Å². The first-order chi connectivity index (χ1) is 14.7. The summed E-state index contributed by atoms with van der Waals surface area (Å²) in [7, 11) is -0.376. The van der Waals surface area contributed by atoms with E-state index >= 15 is 4.39 Å². The van der Waals surface area contributed by atoms with Crippen LogP contribution in [-0.2, 0) is 10.9 Å². The predicted octanol–water partition coefficient (Wildman–Crippen LogP) is 7.03. The Bertz CT molecular complexity index is 991. The van der Waals surface area contributed by atoms with Crippen LogP contribution in [0.2, 0.25) is 0 Å². The van der Waals surface area contributed by atoms with Crippen molar-refractivity contribution in [1.82, 2.24) is 0 Å². The highest BCUT2D eigenvalue weighted by molar-refractivity contribution is 7.97. The number of hydrogen-bond donors (Lipinski definition) is 0. The van der Waals surface area contributed by atoms with Crippen LogP contribution < -0.4 is 4.74 Å². The van der Waals surface area contributed by atoms with E-state index in [9.17, 15) is 0 Å². The summed E-state index contributed by atoms with van der Waals surface area (Å²) in [4.78, 5) is 3.27. The quantitative estimate of drug-likeness (QED) is 0.320. The highest BCUT2D eigenvalue weighted by Gasteiger charge is 2.36. The molecular formula is C27H26FOS+. The van der Waals surface area contributed by atoms with Crippen molar-refractivity contribution in [3.8, 4) is 17.6 Å². The molecule has 152 valence electrons. The average Bonchev–Trinajstić information content (AvgIpc) is 3.25. The molecule has 4 rings (SSSR count). The van der Waals surface area contributed by atoms with E-state index in [-0.39, 0.29) is 16.7 Å². The summed E-state index contributed by atoms with van der Waals surface area (Å²) in [6.45, 7) is 2.03. The number of benzene rings is 3. The molecule has 30 heavy (non-hydrogen) atoms. The Morgan fingerprint density at radius 3 is 2.00 bits per heavy atom. The number of rotatable bonds is 5. The molecular weight excluding hydrogens is 391 g/mol. The minimum absolute atomic E-state index is 0.302. The molecule has 0 spiro atoms. The normalized spacial score (nSPS) is 14.9. The van der Waals surface area contributed by atoms with E-state index < -0.39 is 5.60 Å². The first kappa shape index (κ1) is 20.6. The summed E-state index contributed by atoms with van der Waals surface area (Å²) < 4.78 is 21.4. The van der Waals surface area contributed by atoms with Gasteiger partial charge in [-0.3, -0.25) is 0 Å². The van der Waals surface area contributed by atoms with Gasteiger partial charge in [-0.05, 0) is 62.1 Å². The molecule has 3 heteroatoms. The Morgan fingerprint density at radius 1 is 0.867 bits per heavy atom. The highest BCUT2D eigenvalue weighted by atomic mass is 32.2. The van der Waals surface area contributed by atoms with Gasteiger partial charge in [0.15, 0.2) is 31.9 Å². The lowest BCUT2D eigenvalue weighted by molar-refractivity contribution is 0.131. The second-order valence-electron chi connectivity index (χ2n) is 7.48. The third-order valence-electron chi connectivity index (χ3n) is 5.31. The van der Waals surface area contributed by atoms with E-state index in [2.05, 4.69) is 36.1 Å². The molecule has 0 amide bonds. The van der Waals surface area contributed by atoms with E-state index in [4.69, 9.17) is 4.74 Å². The van der Waals surface area contributed by atoms with Crippen molar-refractivity contribution < 1.29 is 9.13 Å². The lowest BCUT2D eigenvalue weighted by atomic mass is 10.0. The van der Waals surface area contributed by atoms with Crippen LogP contribution in [0.5, 0.6) is 5.75 Å². The summed E-state index contributed by atoms with van der Waals surface area (Å²) in [5.74, 6) is 6.40. The molecule has 0 atom stereocenters. The SMILES string of the molecule is CCC#CC1(Oc2ccc([S+](c3ccccc3)c3ccccc3)cc2F)CCCC1. The van der Waals surface area contributed by atoms with Crippen LogP contribution >= 0.6 is 0 Å². The molecule has 1 aliphatic carbocycles. The molecule has 0 aromatic heterocycles. The second-order valence-corrected chi connectivity index (χ2v) is 9.51. The summed E-state index contributed by atoms with van der Waals surface area (Å²) in [5.41, 5.74) is -0.543. The van der Waals surface area contributed by atoms with Crippen LogP contribution in [0.25, 0.3) is 0 Å². The van der Waals surface area contributed by atoms with Gasteiger partial charge in [0.05, 0.1) is 10.9 Å². The van der Waals surface area contributed by atoms with Gasteiger partial charge in [-0.2, -0.15) is 0 Å². The zero-order valence-corrected chi connectivity index (χ0v) is 18.1. The monoisotopic (exact) mass is 417 g/mol. The smallest absolute Gasteiger partial charge is 0.170 e. The molecule has 0 heterocycles. The van der Waals surface area contributed by atoms with E-state index in [1.165, 1.54) is 0 Å². The van der Waals surface area contributed by atoms with Crippen molar-refractivity contribution in [2.45, 2.75) is 59.3 Å². The van der Waals surface area contributed by atoms with E-state index in [0.29, 0.717) is 5.75 Å². The molecule has 1 nitrogen and oxygen atoms in total. The topological polar surface area (TPSA) is 9.23 Å². The minimum atomic E-state index is -0.543. The summed E-state index contributed by atoms with van der Waals surface area (Å²) in [6, 6.07) is 26.0. The first-order valence-corrected chi connectivity index (χ1v) is 11.8. The van der Waals surface area contributed by atoms with Crippen LogP contribution in [0.3, 0.4) is 0 Å². The third-order valence-corrected chi connectivity index (χ3v) is 7.52. The van der Waals surface area contributed by atoms with Crippen LogP contribution in [-0.4, -0.2) is 5.60 Å². The minimum Gasteiger partial charge on any atom is -0.472 e. The van der Waals surface area contributed by atoms with Crippen molar-refractivity contribution in [2.24, 2.45) is 0 Å². The molecule has 0 N–H and O–H groups in total. The summed E-state index contributed by atoms with van der Waals surface area (Å²) >= 11 is 0. The van der Waals surface area contributed by atoms with Crippen molar-refractivity contribution >= 4 is 10.9 Å². The van der Waals surface area contributed by atoms with Gasteiger partial charge in [-0.15, -0.1) is 0 Å². The average molecular weight is 418 g/mol. The van der Waals surface area contributed by atoms with Gasteiger partial charge < -0.3 is 4.74 Å². The van der Waals surface area contributed by atoms with Gasteiger partial charge in [0.2, 0.25) is 0 Å². The van der Waals surface area contributed by atoms with E-state index in [0.717, 1.165) is 46.8 Å². The van der Waals surface area contributed by atoms with Crippen LogP contribution in [0.1, 0.15) is 39.0 Å². The van der Waals surface area contributed by atoms with Crippen molar-refractivity contribution in [2.75, 3.05) is 0 Å². The largest absolute Gasteiger partial charge is 0.472 e. The molecule has 0 saturated heterocycles. The summed E-state index contributed by atoms with van der Waals surface area (Å²) in [6.07, 6.45) is 4.65. The lowest BCUT2D eigenvalue weighted by Gasteiger charge is -2.25. The summed E-state index contributed by atoms with van der Waals surface area (Å²) in [5, 5.41) is 0. The zero-order valence-electron chi connectivity index (χ0n) is 17.2. The molecule has 3 aromatic rings. The van der Waals surface area contributed by atoms with Gasteiger partial charge in [-0.1, -0.05) is 55.2 Å². The van der Waals surface area contributed by atoms with Crippen molar-refractivity contribution in [1.29, 1.82) is 0 Å². The third kappa shape index (κ3) is 4.55. The van der Waals surface area contributed by atoms with Gasteiger partial charge in [0.25, 0.3) is 0 Å². The van der Waals surface area contributed by atoms with Crippen molar-refractivity contribution in [3.05, 3.63) is 84.7 Å². The fourth-order valence-corrected chi connectivity index (χ4v) is 5.97. The molecule has 0 radical (unpaired) electrons. The Labute approximate surface area is 181 Å². The number of halogens is 1. The van der Waals surface area contributed by atoms with Crippen molar-refractivity contribution in [3.63, 3.8) is 0 Å². The van der Waals surface area contributed by atoms with Gasteiger partial charge >= 0.3 is 0 Å². The van der Waals surface area contributed by atoms with Gasteiger partial charge in [0, 0.05) is 12.5 Å². The Hall–Kier alpha value is -2.70. The van der Waals surface area contributed by atoms with Crippen LogP contribution in [0.4, 0.5) is 4.39 Å². The second kappa shape index (κ2) is 9.41. The molecule has 1 aliphatic rings. The standard InChI is InChI=1S/C27H26FOS/c1-2-3-18-27(19-10-11-20-27)29-26-17-16-24(21-25(26)28)30(22-12-6-4-7-13-22)23-14-8-5-9-15-23/h4-9,12-17,21H,2,10-11,19-20H2,1H3/q+1. The number of ether oxygens (including phenoxy) is 1. The Morgan fingerprint density at radius 2 is 1.47 bits per heavy atom. The van der Waals surface area contributed by atoms with E-state index in [1.807, 2.05) is 49.4 Å².